The number of nitrogens with one attached hydrogen (secondary N) is 2. The average Bonchev–Trinajstić information content (AvgIpc) is 2.93. The Morgan fingerprint density at radius 2 is 2.05 bits per heavy atom. The van der Waals surface area contributed by atoms with Crippen molar-refractivity contribution in [2.24, 2.45) is 0 Å². The van der Waals surface area contributed by atoms with E-state index in [-0.39, 0.29) is 11.4 Å². The first-order chi connectivity index (χ1) is 9.62. The summed E-state index contributed by atoms with van der Waals surface area (Å²) in [6, 6.07) is 6.25. The van der Waals surface area contributed by atoms with Crippen LogP contribution in [0.15, 0.2) is 29.2 Å². The summed E-state index contributed by atoms with van der Waals surface area (Å²) in [6.07, 6.45) is 0.368. The second kappa shape index (κ2) is 6.44. The molecular weight excluding hydrogens is 282 g/mol. The van der Waals surface area contributed by atoms with E-state index < -0.39 is 10.0 Å². The summed E-state index contributed by atoms with van der Waals surface area (Å²) in [5.74, 6) is 1.10. The van der Waals surface area contributed by atoms with Crippen molar-refractivity contribution in [1.82, 2.24) is 25.3 Å². The molecule has 0 saturated carbocycles. The maximum Gasteiger partial charge on any atom is 0.240 e. The molecule has 0 saturated heterocycles. The molecule has 1 aromatic heterocycles. The van der Waals surface area contributed by atoms with Gasteiger partial charge in [0, 0.05) is 13.0 Å². The quantitative estimate of drug-likeness (QED) is 0.751. The maximum atomic E-state index is 12.0. The van der Waals surface area contributed by atoms with Crippen LogP contribution in [0.3, 0.4) is 0 Å². The molecule has 20 heavy (non-hydrogen) atoms. The molecule has 0 aliphatic carbocycles. The second-order valence-corrected chi connectivity index (χ2v) is 5.65. The monoisotopic (exact) mass is 297 g/mol. The number of hydrogen-bond donors (Lipinski definition) is 2. The molecular formula is C11H15N5O3S. The highest BCUT2D eigenvalue weighted by Crippen LogP contribution is 2.15. The molecule has 0 amide bonds. The molecule has 0 unspecified atom stereocenters. The molecule has 2 N–H and O–H groups in total. The smallest absolute Gasteiger partial charge is 0.240 e. The van der Waals surface area contributed by atoms with E-state index in [0.717, 1.165) is 0 Å². The molecule has 0 aliphatic heterocycles. The van der Waals surface area contributed by atoms with Crippen LogP contribution in [0.2, 0.25) is 0 Å². The lowest BCUT2D eigenvalue weighted by Crippen LogP contribution is -2.26. The lowest BCUT2D eigenvalue weighted by Gasteiger charge is -2.07. The highest BCUT2D eigenvalue weighted by molar-refractivity contribution is 7.89. The zero-order valence-electron chi connectivity index (χ0n) is 10.9. The molecule has 2 aromatic rings. The van der Waals surface area contributed by atoms with E-state index in [2.05, 4.69) is 25.3 Å². The number of tetrazole rings is 1. The number of H-pyrrole nitrogens is 1. The Morgan fingerprint density at radius 1 is 1.30 bits per heavy atom. The van der Waals surface area contributed by atoms with Crippen molar-refractivity contribution >= 4 is 10.0 Å². The number of aromatic nitrogens is 4. The number of ether oxygens (including phenoxy) is 1. The minimum atomic E-state index is -3.54. The van der Waals surface area contributed by atoms with Crippen LogP contribution in [0, 0.1) is 0 Å². The van der Waals surface area contributed by atoms with E-state index in [1.807, 2.05) is 6.92 Å². The SMILES string of the molecule is CCOc1ccc(S(=O)(=O)NCCc2nn[nH]n2)cc1. The van der Waals surface area contributed by atoms with Crippen molar-refractivity contribution < 1.29 is 13.2 Å². The van der Waals surface area contributed by atoms with Gasteiger partial charge in [-0.25, -0.2) is 13.1 Å². The van der Waals surface area contributed by atoms with Gasteiger partial charge in [0.25, 0.3) is 0 Å². The fraction of sp³-hybridized carbons (Fsp3) is 0.364. The van der Waals surface area contributed by atoms with Crippen LogP contribution >= 0.6 is 0 Å². The first-order valence-corrected chi connectivity index (χ1v) is 7.55. The van der Waals surface area contributed by atoms with Gasteiger partial charge in [-0.1, -0.05) is 5.21 Å². The van der Waals surface area contributed by atoms with Crippen LogP contribution in [-0.2, 0) is 16.4 Å². The number of hydrogen-bond acceptors (Lipinski definition) is 6. The molecule has 0 aliphatic rings. The summed E-state index contributed by atoms with van der Waals surface area (Å²) >= 11 is 0. The van der Waals surface area contributed by atoms with Gasteiger partial charge in [0.05, 0.1) is 11.5 Å². The molecule has 108 valence electrons. The van der Waals surface area contributed by atoms with Crippen LogP contribution in [-0.4, -0.2) is 42.2 Å². The van der Waals surface area contributed by atoms with Crippen molar-refractivity contribution in [1.29, 1.82) is 0 Å². The third-order valence-electron chi connectivity index (χ3n) is 2.47. The van der Waals surface area contributed by atoms with Crippen molar-refractivity contribution in [3.63, 3.8) is 0 Å². The Morgan fingerprint density at radius 3 is 2.65 bits per heavy atom. The Balaban J connectivity index is 1.95. The lowest BCUT2D eigenvalue weighted by molar-refractivity contribution is 0.340. The molecule has 0 fully saturated rings. The zero-order valence-corrected chi connectivity index (χ0v) is 11.7. The second-order valence-electron chi connectivity index (χ2n) is 3.88. The van der Waals surface area contributed by atoms with Crippen LogP contribution in [0.1, 0.15) is 12.7 Å². The van der Waals surface area contributed by atoms with Crippen LogP contribution in [0.4, 0.5) is 0 Å². The van der Waals surface area contributed by atoms with Gasteiger partial charge in [0.1, 0.15) is 5.75 Å². The van der Waals surface area contributed by atoms with Gasteiger partial charge in [0.15, 0.2) is 5.82 Å². The Kier molecular flexibility index (Phi) is 4.64. The Hall–Kier alpha value is -2.00. The fourth-order valence-electron chi connectivity index (χ4n) is 1.55. The van der Waals surface area contributed by atoms with Crippen LogP contribution < -0.4 is 9.46 Å². The molecule has 1 heterocycles. The van der Waals surface area contributed by atoms with E-state index >= 15 is 0 Å². The summed E-state index contributed by atoms with van der Waals surface area (Å²) in [5.41, 5.74) is 0. The molecule has 1 aromatic carbocycles. The summed E-state index contributed by atoms with van der Waals surface area (Å²) < 4.78 is 31.8. The fourth-order valence-corrected chi connectivity index (χ4v) is 2.58. The summed E-state index contributed by atoms with van der Waals surface area (Å²) in [7, 11) is -3.54. The third-order valence-corrected chi connectivity index (χ3v) is 3.95. The maximum absolute atomic E-state index is 12.0. The minimum absolute atomic E-state index is 0.189. The number of aromatic amines is 1. The predicted octanol–water partition coefficient (Wildman–Crippen LogP) is 0.119. The molecule has 0 atom stereocenters. The Labute approximate surface area is 116 Å². The minimum Gasteiger partial charge on any atom is -0.494 e. The van der Waals surface area contributed by atoms with Crippen molar-refractivity contribution in [2.45, 2.75) is 18.2 Å². The van der Waals surface area contributed by atoms with Crippen LogP contribution in [0.5, 0.6) is 5.75 Å². The van der Waals surface area contributed by atoms with Crippen molar-refractivity contribution in [3.8, 4) is 5.75 Å². The van der Waals surface area contributed by atoms with Crippen LogP contribution in [0.25, 0.3) is 0 Å². The lowest BCUT2D eigenvalue weighted by atomic mass is 10.3. The normalized spacial score (nSPS) is 11.4. The number of benzene rings is 1. The van der Waals surface area contributed by atoms with E-state index in [0.29, 0.717) is 24.6 Å². The van der Waals surface area contributed by atoms with E-state index in [9.17, 15) is 8.42 Å². The molecule has 0 spiro atoms. The number of sulfonamides is 1. The first kappa shape index (κ1) is 14.4. The van der Waals surface area contributed by atoms with Gasteiger partial charge in [-0.05, 0) is 31.2 Å². The number of nitrogens with zero attached hydrogens (tertiary/aromatic N) is 3. The third kappa shape index (κ3) is 3.75. The van der Waals surface area contributed by atoms with Gasteiger partial charge in [-0.15, -0.1) is 10.2 Å². The molecule has 2 rings (SSSR count). The summed E-state index contributed by atoms with van der Waals surface area (Å²) in [4.78, 5) is 0.189. The largest absolute Gasteiger partial charge is 0.494 e. The van der Waals surface area contributed by atoms with Crippen molar-refractivity contribution in [2.75, 3.05) is 13.2 Å². The predicted molar refractivity (Wildman–Crippen MR) is 70.7 cm³/mol. The zero-order chi connectivity index (χ0) is 14.4. The van der Waals surface area contributed by atoms with Gasteiger partial charge in [-0.3, -0.25) is 0 Å². The van der Waals surface area contributed by atoms with Gasteiger partial charge in [-0.2, -0.15) is 5.21 Å². The highest BCUT2D eigenvalue weighted by Gasteiger charge is 2.13. The summed E-state index contributed by atoms with van der Waals surface area (Å²) in [5, 5.41) is 13.2. The highest BCUT2D eigenvalue weighted by atomic mass is 32.2. The molecule has 8 nitrogen and oxygen atoms in total. The molecule has 9 heteroatoms. The van der Waals surface area contributed by atoms with Gasteiger partial charge >= 0.3 is 0 Å². The first-order valence-electron chi connectivity index (χ1n) is 6.06. The van der Waals surface area contributed by atoms with Crippen molar-refractivity contribution in [3.05, 3.63) is 30.1 Å². The van der Waals surface area contributed by atoms with E-state index in [4.69, 9.17) is 4.74 Å². The Bertz CT molecular complexity index is 625. The van der Waals surface area contributed by atoms with E-state index in [1.165, 1.54) is 12.1 Å². The molecule has 0 radical (unpaired) electrons. The van der Waals surface area contributed by atoms with Gasteiger partial charge < -0.3 is 4.74 Å². The number of rotatable bonds is 7. The standard InChI is InChI=1S/C11H15N5O3S/c1-2-19-9-3-5-10(6-4-9)20(17,18)12-8-7-11-13-15-16-14-11/h3-6,12H,2,7-8H2,1H3,(H,13,14,15,16). The molecule has 0 bridgehead atoms. The average molecular weight is 297 g/mol. The topological polar surface area (TPSA) is 110 Å². The van der Waals surface area contributed by atoms with E-state index in [1.54, 1.807) is 12.1 Å². The van der Waals surface area contributed by atoms with Gasteiger partial charge in [0.2, 0.25) is 10.0 Å². The summed E-state index contributed by atoms with van der Waals surface area (Å²) in [6.45, 7) is 2.61.